The normalized spacial score (nSPS) is 17.7. The number of quaternary nitrogens is 1. The fourth-order valence-corrected chi connectivity index (χ4v) is 6.49. The van der Waals surface area contributed by atoms with E-state index in [-0.39, 0.29) is 28.6 Å². The van der Waals surface area contributed by atoms with Gasteiger partial charge in [-0.25, -0.2) is 14.6 Å². The van der Waals surface area contributed by atoms with Gasteiger partial charge in [-0.3, -0.25) is 14.4 Å². The Morgan fingerprint density at radius 3 is 2.41 bits per heavy atom. The number of hydrogen-bond acceptors (Lipinski definition) is 7. The summed E-state index contributed by atoms with van der Waals surface area (Å²) < 4.78 is 4.21. The molecule has 3 N–H and O–H groups in total. The van der Waals surface area contributed by atoms with E-state index in [4.69, 9.17) is 17.3 Å². The predicted molar refractivity (Wildman–Crippen MR) is 175 cm³/mol. The second-order valence-electron chi connectivity index (χ2n) is 12.6. The summed E-state index contributed by atoms with van der Waals surface area (Å²) in [5, 5.41) is 7.62. The van der Waals surface area contributed by atoms with Gasteiger partial charge in [-0.15, -0.1) is 0 Å². The molecule has 240 valence electrons. The largest absolute Gasteiger partial charge is 0.397 e. The molecule has 46 heavy (non-hydrogen) atoms. The number of halogens is 1. The number of likely N-dealkylation sites (tertiary alicyclic amines) is 1. The third-order valence-electron chi connectivity index (χ3n) is 8.85. The molecule has 2 aliphatic rings. The lowest BCUT2D eigenvalue weighted by Crippen LogP contribution is -2.52. The Hall–Kier alpha value is -4.75. The molecule has 3 aromatic heterocycles. The molecule has 0 bridgehead atoms. The molecule has 0 spiro atoms. The molecule has 6 rings (SSSR count). The number of pyridine rings is 1. The molecule has 2 fully saturated rings. The molecule has 4 aromatic rings. The number of anilines is 2. The number of carbonyl (C=O) groups is 3. The number of nitrogens with zero attached hydrogens (tertiary/aromatic N) is 8. The highest BCUT2D eigenvalue weighted by Crippen LogP contribution is 2.27. The number of nitrogen functional groups attached to an aromatic ring is 1. The van der Waals surface area contributed by atoms with E-state index in [1.165, 1.54) is 0 Å². The van der Waals surface area contributed by atoms with Gasteiger partial charge in [-0.05, 0) is 37.3 Å². The molecular weight excluding hydrogens is 608 g/mol. The minimum atomic E-state index is -0.431. The van der Waals surface area contributed by atoms with Gasteiger partial charge in [0.25, 0.3) is 11.8 Å². The number of hydrogen-bond donors (Lipinski definition) is 2. The van der Waals surface area contributed by atoms with Gasteiger partial charge in [0.2, 0.25) is 5.91 Å². The van der Waals surface area contributed by atoms with E-state index in [2.05, 4.69) is 34.5 Å². The van der Waals surface area contributed by atoms with Crippen LogP contribution in [0.15, 0.2) is 48.9 Å². The zero-order chi connectivity index (χ0) is 32.7. The molecule has 1 unspecified atom stereocenters. The highest BCUT2D eigenvalue weighted by atomic mass is 35.5. The van der Waals surface area contributed by atoms with E-state index in [0.29, 0.717) is 54.6 Å². The van der Waals surface area contributed by atoms with Crippen molar-refractivity contribution >= 4 is 40.7 Å². The number of nitrogens with one attached hydrogen (secondary N) is 1. The molecule has 13 nitrogen and oxygen atoms in total. The van der Waals surface area contributed by atoms with Crippen LogP contribution in [0.25, 0.3) is 17.1 Å². The van der Waals surface area contributed by atoms with Crippen molar-refractivity contribution in [3.63, 3.8) is 0 Å². The van der Waals surface area contributed by atoms with Gasteiger partial charge in [0.05, 0.1) is 73.2 Å². The first kappa shape index (κ1) is 31.2. The zero-order valence-electron chi connectivity index (χ0n) is 26.4. The number of aryl methyl sites for hydroxylation is 1. The predicted octanol–water partition coefficient (Wildman–Crippen LogP) is 2.84. The molecule has 5 heterocycles. The SMILES string of the molecule is Cc1nn(-c2ccc(N)cn2)cc1-c1cnc(C(=O)Nc2ccc(C(=O)N3CCN(C(=O)C4CC[N+](C)(C)C4)CC3)c(Cl)c2)n1C. The Kier molecular flexibility index (Phi) is 8.30. The van der Waals surface area contributed by atoms with Crippen molar-refractivity contribution < 1.29 is 18.9 Å². The summed E-state index contributed by atoms with van der Waals surface area (Å²) in [6, 6.07) is 8.35. The van der Waals surface area contributed by atoms with E-state index in [0.717, 1.165) is 35.3 Å². The van der Waals surface area contributed by atoms with E-state index < -0.39 is 5.91 Å². The zero-order valence-corrected chi connectivity index (χ0v) is 27.2. The Labute approximate surface area is 272 Å². The van der Waals surface area contributed by atoms with Crippen LogP contribution < -0.4 is 11.1 Å². The first-order chi connectivity index (χ1) is 21.9. The first-order valence-electron chi connectivity index (χ1n) is 15.2. The number of benzene rings is 1. The molecular formula is C32H38ClN10O3+. The lowest BCUT2D eigenvalue weighted by Gasteiger charge is -2.36. The molecule has 0 saturated carbocycles. The van der Waals surface area contributed by atoms with Gasteiger partial charge in [-0.2, -0.15) is 5.10 Å². The lowest BCUT2D eigenvalue weighted by atomic mass is 10.1. The third kappa shape index (κ3) is 6.20. The number of rotatable bonds is 6. The third-order valence-corrected chi connectivity index (χ3v) is 9.17. The lowest BCUT2D eigenvalue weighted by molar-refractivity contribution is -0.878. The summed E-state index contributed by atoms with van der Waals surface area (Å²) in [5.41, 5.74) is 9.33. The maximum Gasteiger partial charge on any atom is 0.291 e. The van der Waals surface area contributed by atoms with Crippen LogP contribution in [0.4, 0.5) is 11.4 Å². The van der Waals surface area contributed by atoms with Crippen molar-refractivity contribution in [3.8, 4) is 17.1 Å². The van der Waals surface area contributed by atoms with Crippen molar-refractivity contribution in [3.05, 3.63) is 71.0 Å². The number of carbonyl (C=O) groups excluding carboxylic acids is 3. The van der Waals surface area contributed by atoms with Crippen molar-refractivity contribution in [1.82, 2.24) is 34.1 Å². The molecule has 0 radical (unpaired) electrons. The fraction of sp³-hybridized carbons (Fsp3) is 0.375. The van der Waals surface area contributed by atoms with Crippen molar-refractivity contribution in [1.29, 1.82) is 0 Å². The monoisotopic (exact) mass is 645 g/mol. The number of aromatic nitrogens is 5. The molecule has 14 heteroatoms. The summed E-state index contributed by atoms with van der Waals surface area (Å²) >= 11 is 6.55. The minimum absolute atomic E-state index is 0.0489. The standard InChI is InChI=1S/C32H37ClN10O3/c1-20-25(18-42(38-20)28-8-5-22(34)16-35-28)27-17-36-29(39(27)2)30(44)37-23-6-7-24(26(33)15-23)32(46)41-12-10-40(11-13-41)31(45)21-9-14-43(3,4)19-21/h5-8,15-18,21H,9-14,19,34H2,1-4H3/p+1. The Morgan fingerprint density at radius 1 is 1.02 bits per heavy atom. The maximum absolute atomic E-state index is 13.3. The van der Waals surface area contributed by atoms with E-state index in [1.54, 1.807) is 63.9 Å². The van der Waals surface area contributed by atoms with Gasteiger partial charge in [0, 0.05) is 57.1 Å². The Balaban J connectivity index is 1.08. The molecule has 2 saturated heterocycles. The summed E-state index contributed by atoms with van der Waals surface area (Å²) in [5.74, 6) is 0.411. The van der Waals surface area contributed by atoms with Crippen LogP contribution >= 0.6 is 11.6 Å². The van der Waals surface area contributed by atoms with Crippen LogP contribution in [0.1, 0.15) is 33.1 Å². The van der Waals surface area contributed by atoms with Gasteiger partial charge in [-0.1, -0.05) is 11.6 Å². The van der Waals surface area contributed by atoms with Crippen LogP contribution in [-0.2, 0) is 11.8 Å². The average molecular weight is 646 g/mol. The van der Waals surface area contributed by atoms with Crippen LogP contribution in [0.2, 0.25) is 5.02 Å². The van der Waals surface area contributed by atoms with Crippen LogP contribution in [-0.4, -0.2) is 110 Å². The van der Waals surface area contributed by atoms with Gasteiger partial charge in [0.1, 0.15) is 0 Å². The van der Waals surface area contributed by atoms with Gasteiger partial charge >= 0.3 is 0 Å². The fourth-order valence-electron chi connectivity index (χ4n) is 6.23. The Bertz CT molecular complexity index is 1800. The number of imidazole rings is 1. The topological polar surface area (TPSA) is 144 Å². The van der Waals surface area contributed by atoms with Crippen LogP contribution in [0, 0.1) is 12.8 Å². The second-order valence-corrected chi connectivity index (χ2v) is 13.0. The van der Waals surface area contributed by atoms with Gasteiger partial charge < -0.3 is 29.9 Å². The smallest absolute Gasteiger partial charge is 0.291 e. The van der Waals surface area contributed by atoms with E-state index in [1.807, 2.05) is 18.0 Å². The Morgan fingerprint density at radius 2 is 1.76 bits per heavy atom. The van der Waals surface area contributed by atoms with Crippen LogP contribution in [0.5, 0.6) is 0 Å². The summed E-state index contributed by atoms with van der Waals surface area (Å²) in [6.07, 6.45) is 5.92. The van der Waals surface area contributed by atoms with Gasteiger partial charge in [0.15, 0.2) is 11.6 Å². The average Bonchev–Trinajstić information content (AvgIpc) is 3.72. The molecule has 1 atom stereocenters. The van der Waals surface area contributed by atoms with Crippen molar-refractivity contribution in [2.24, 2.45) is 13.0 Å². The highest BCUT2D eigenvalue weighted by Gasteiger charge is 2.38. The molecule has 2 aliphatic heterocycles. The summed E-state index contributed by atoms with van der Waals surface area (Å²) in [6.45, 7) is 5.63. The number of piperazine rings is 1. The maximum atomic E-state index is 13.3. The molecule has 0 aliphatic carbocycles. The van der Waals surface area contributed by atoms with Crippen LogP contribution in [0.3, 0.4) is 0 Å². The summed E-state index contributed by atoms with van der Waals surface area (Å²) in [4.78, 5) is 51.9. The summed E-state index contributed by atoms with van der Waals surface area (Å²) in [7, 11) is 6.06. The van der Waals surface area contributed by atoms with Crippen molar-refractivity contribution in [2.75, 3.05) is 64.4 Å². The minimum Gasteiger partial charge on any atom is -0.397 e. The second kappa shape index (κ2) is 12.2. The quantitative estimate of drug-likeness (QED) is 0.307. The van der Waals surface area contributed by atoms with E-state index in [9.17, 15) is 14.4 Å². The number of nitrogens with two attached hydrogens (primary N) is 1. The number of amides is 3. The van der Waals surface area contributed by atoms with E-state index >= 15 is 0 Å². The first-order valence-corrected chi connectivity index (χ1v) is 15.6. The molecule has 1 aromatic carbocycles. The van der Waals surface area contributed by atoms with Crippen molar-refractivity contribution in [2.45, 2.75) is 13.3 Å². The highest BCUT2D eigenvalue weighted by molar-refractivity contribution is 6.34. The molecule has 3 amide bonds.